The highest BCUT2D eigenvalue weighted by molar-refractivity contribution is 8.00. The Kier molecular flexibility index (Phi) is 5.57. The Bertz CT molecular complexity index is 1070. The monoisotopic (exact) mass is 403 g/mol. The number of nitrogens with zero attached hydrogens (tertiary/aromatic N) is 2. The van der Waals surface area contributed by atoms with E-state index in [0.717, 1.165) is 18.0 Å². The molecule has 0 saturated heterocycles. The van der Waals surface area contributed by atoms with Crippen molar-refractivity contribution >= 4 is 44.4 Å². The molecule has 0 aliphatic heterocycles. The predicted molar refractivity (Wildman–Crippen MR) is 110 cm³/mol. The maximum atomic E-state index is 12.3. The van der Waals surface area contributed by atoms with Crippen LogP contribution in [0.4, 0.5) is 5.69 Å². The van der Waals surface area contributed by atoms with Crippen LogP contribution in [0.1, 0.15) is 25.3 Å². The zero-order chi connectivity index (χ0) is 19.6. The van der Waals surface area contributed by atoms with E-state index in [9.17, 15) is 13.2 Å². The first-order chi connectivity index (χ1) is 12.8. The summed E-state index contributed by atoms with van der Waals surface area (Å²) in [6.07, 6.45) is 1.13. The highest BCUT2D eigenvalue weighted by atomic mass is 32.2. The zero-order valence-corrected chi connectivity index (χ0v) is 17.0. The molecule has 6 nitrogen and oxygen atoms in total. The summed E-state index contributed by atoms with van der Waals surface area (Å²) in [5, 5.41) is 3.11. The van der Waals surface area contributed by atoms with Gasteiger partial charge < -0.3 is 5.32 Å². The summed E-state index contributed by atoms with van der Waals surface area (Å²) in [5.41, 5.74) is 2.99. The molecular weight excluding hydrogens is 382 g/mol. The van der Waals surface area contributed by atoms with Gasteiger partial charge in [0.05, 0.1) is 23.0 Å². The van der Waals surface area contributed by atoms with Gasteiger partial charge in [0.2, 0.25) is 15.9 Å². The number of carbonyl (C=O) groups is 1. The van der Waals surface area contributed by atoms with Crippen LogP contribution < -0.4 is 5.32 Å². The fourth-order valence-electron chi connectivity index (χ4n) is 2.67. The standard InChI is InChI=1S/C19H21N3O3S2/c1-13(2)14-8-10-15(11-9-14)20-18(23)12-26-19-21-16-6-4-5-7-17(16)22(19)27(3,24)25/h4-11,13H,12H2,1-3H3,(H,20,23). The summed E-state index contributed by atoms with van der Waals surface area (Å²) in [6, 6.07) is 14.7. The van der Waals surface area contributed by atoms with E-state index < -0.39 is 10.0 Å². The highest BCUT2D eigenvalue weighted by Crippen LogP contribution is 2.26. The Balaban J connectivity index is 1.74. The third kappa shape index (κ3) is 4.51. The van der Waals surface area contributed by atoms with E-state index >= 15 is 0 Å². The van der Waals surface area contributed by atoms with Crippen LogP contribution in [-0.2, 0) is 14.8 Å². The van der Waals surface area contributed by atoms with Crippen molar-refractivity contribution in [1.82, 2.24) is 8.96 Å². The van der Waals surface area contributed by atoms with Gasteiger partial charge in [-0.15, -0.1) is 0 Å². The minimum absolute atomic E-state index is 0.0603. The number of amides is 1. The molecule has 0 spiro atoms. The van der Waals surface area contributed by atoms with Crippen LogP contribution in [0, 0.1) is 0 Å². The summed E-state index contributed by atoms with van der Waals surface area (Å²) < 4.78 is 25.5. The minimum Gasteiger partial charge on any atom is -0.325 e. The largest absolute Gasteiger partial charge is 0.325 e. The molecule has 3 rings (SSSR count). The first-order valence-electron chi connectivity index (χ1n) is 8.46. The van der Waals surface area contributed by atoms with Crippen molar-refractivity contribution < 1.29 is 13.2 Å². The Morgan fingerprint density at radius 3 is 2.44 bits per heavy atom. The molecule has 0 radical (unpaired) electrons. The van der Waals surface area contributed by atoms with Crippen LogP contribution in [0.3, 0.4) is 0 Å². The van der Waals surface area contributed by atoms with Crippen molar-refractivity contribution in [3.05, 3.63) is 54.1 Å². The minimum atomic E-state index is -3.53. The van der Waals surface area contributed by atoms with Crippen LogP contribution >= 0.6 is 11.8 Å². The number of rotatable bonds is 6. The van der Waals surface area contributed by atoms with Crippen LogP contribution in [-0.4, -0.2) is 35.3 Å². The molecule has 0 aliphatic rings. The lowest BCUT2D eigenvalue weighted by Gasteiger charge is -2.09. The third-order valence-corrected chi connectivity index (χ3v) is 6.10. The average Bonchev–Trinajstić information content (AvgIpc) is 2.99. The second-order valence-electron chi connectivity index (χ2n) is 6.52. The van der Waals surface area contributed by atoms with Crippen LogP contribution in [0.25, 0.3) is 11.0 Å². The van der Waals surface area contributed by atoms with Gasteiger partial charge in [-0.3, -0.25) is 4.79 Å². The molecule has 1 amide bonds. The number of thioether (sulfide) groups is 1. The van der Waals surface area contributed by atoms with Gasteiger partial charge in [-0.1, -0.05) is 49.9 Å². The lowest BCUT2D eigenvalue weighted by atomic mass is 10.0. The number of hydrogen-bond donors (Lipinski definition) is 1. The number of nitrogens with one attached hydrogen (secondary N) is 1. The first kappa shape index (κ1) is 19.4. The van der Waals surface area contributed by atoms with Gasteiger partial charge in [-0.25, -0.2) is 17.4 Å². The molecule has 1 N–H and O–H groups in total. The number of para-hydroxylation sites is 2. The van der Waals surface area contributed by atoms with E-state index in [0.29, 0.717) is 22.6 Å². The number of hydrogen-bond acceptors (Lipinski definition) is 5. The van der Waals surface area contributed by atoms with E-state index in [1.54, 1.807) is 24.3 Å². The SMILES string of the molecule is CC(C)c1ccc(NC(=O)CSc2nc3ccccc3n2S(C)(=O)=O)cc1. The van der Waals surface area contributed by atoms with Crippen molar-refractivity contribution in [2.75, 3.05) is 17.3 Å². The van der Waals surface area contributed by atoms with Gasteiger partial charge in [-0.05, 0) is 35.7 Å². The molecule has 3 aromatic rings. The molecule has 27 heavy (non-hydrogen) atoms. The Morgan fingerprint density at radius 1 is 1.15 bits per heavy atom. The Morgan fingerprint density at radius 2 is 1.81 bits per heavy atom. The number of imidazole rings is 1. The highest BCUT2D eigenvalue weighted by Gasteiger charge is 2.19. The lowest BCUT2D eigenvalue weighted by molar-refractivity contribution is -0.113. The maximum absolute atomic E-state index is 12.3. The van der Waals surface area contributed by atoms with Crippen LogP contribution in [0.5, 0.6) is 0 Å². The Labute approximate surface area is 163 Å². The third-order valence-electron chi connectivity index (χ3n) is 4.02. The molecule has 0 aliphatic carbocycles. The molecule has 0 fully saturated rings. The molecule has 1 aromatic heterocycles. The molecule has 0 atom stereocenters. The Hall–Kier alpha value is -2.32. The van der Waals surface area contributed by atoms with E-state index in [2.05, 4.69) is 24.1 Å². The number of fused-ring (bicyclic) bond motifs is 1. The molecule has 0 saturated carbocycles. The van der Waals surface area contributed by atoms with Crippen LogP contribution in [0.2, 0.25) is 0 Å². The second kappa shape index (κ2) is 7.74. The molecule has 2 aromatic carbocycles. The quantitative estimate of drug-likeness (QED) is 0.635. The lowest BCUT2D eigenvalue weighted by Crippen LogP contribution is -2.16. The van der Waals surface area contributed by atoms with Crippen molar-refractivity contribution in [2.24, 2.45) is 0 Å². The normalized spacial score (nSPS) is 11.9. The summed E-state index contributed by atoms with van der Waals surface area (Å²) >= 11 is 1.10. The summed E-state index contributed by atoms with van der Waals surface area (Å²) in [4.78, 5) is 16.6. The first-order valence-corrected chi connectivity index (χ1v) is 11.3. The molecule has 142 valence electrons. The predicted octanol–water partition coefficient (Wildman–Crippen LogP) is 3.70. The van der Waals surface area contributed by atoms with E-state index in [-0.39, 0.29) is 16.8 Å². The second-order valence-corrected chi connectivity index (χ2v) is 9.30. The smallest absolute Gasteiger partial charge is 0.238 e. The molecule has 0 unspecified atom stereocenters. The van der Waals surface area contributed by atoms with E-state index in [1.807, 2.05) is 24.3 Å². The number of aromatic nitrogens is 2. The average molecular weight is 404 g/mol. The van der Waals surface area contributed by atoms with Crippen molar-refractivity contribution in [3.63, 3.8) is 0 Å². The van der Waals surface area contributed by atoms with Gasteiger partial charge in [0.25, 0.3) is 0 Å². The van der Waals surface area contributed by atoms with Crippen LogP contribution in [0.15, 0.2) is 53.7 Å². The van der Waals surface area contributed by atoms with E-state index in [4.69, 9.17) is 0 Å². The summed E-state index contributed by atoms with van der Waals surface area (Å²) in [5.74, 6) is 0.267. The summed E-state index contributed by atoms with van der Waals surface area (Å²) in [7, 11) is -3.53. The maximum Gasteiger partial charge on any atom is 0.238 e. The molecule has 1 heterocycles. The van der Waals surface area contributed by atoms with Gasteiger partial charge in [0.15, 0.2) is 5.16 Å². The van der Waals surface area contributed by atoms with Gasteiger partial charge >= 0.3 is 0 Å². The fourth-order valence-corrected chi connectivity index (χ4v) is 4.78. The van der Waals surface area contributed by atoms with Crippen molar-refractivity contribution in [3.8, 4) is 0 Å². The molecule has 8 heteroatoms. The summed E-state index contributed by atoms with van der Waals surface area (Å²) in [6.45, 7) is 4.22. The number of anilines is 1. The van der Waals surface area contributed by atoms with E-state index in [1.165, 1.54) is 9.54 Å². The number of benzene rings is 2. The fraction of sp³-hybridized carbons (Fsp3) is 0.263. The molecular formula is C19H21N3O3S2. The van der Waals surface area contributed by atoms with Crippen molar-refractivity contribution in [1.29, 1.82) is 0 Å². The van der Waals surface area contributed by atoms with Gasteiger partial charge in [-0.2, -0.15) is 0 Å². The van der Waals surface area contributed by atoms with Gasteiger partial charge in [0.1, 0.15) is 0 Å². The molecule has 0 bridgehead atoms. The van der Waals surface area contributed by atoms with Crippen molar-refractivity contribution in [2.45, 2.75) is 24.9 Å². The topological polar surface area (TPSA) is 81.1 Å². The number of carbonyl (C=O) groups excluding carboxylic acids is 1. The van der Waals surface area contributed by atoms with Gasteiger partial charge in [0, 0.05) is 5.69 Å². The zero-order valence-electron chi connectivity index (χ0n) is 15.3.